The van der Waals surface area contributed by atoms with E-state index in [0.29, 0.717) is 17.4 Å². The van der Waals surface area contributed by atoms with E-state index in [1.54, 1.807) is 17.0 Å². The molecule has 0 unspecified atom stereocenters. The maximum atomic E-state index is 13.6. The van der Waals surface area contributed by atoms with Gasteiger partial charge in [-0.15, -0.1) is 0 Å². The van der Waals surface area contributed by atoms with Gasteiger partial charge in [0, 0.05) is 37.4 Å². The van der Waals surface area contributed by atoms with Gasteiger partial charge in [0.1, 0.15) is 5.58 Å². The lowest BCUT2D eigenvalue weighted by Crippen LogP contribution is -2.41. The van der Waals surface area contributed by atoms with E-state index in [1.807, 2.05) is 37.3 Å². The molecule has 0 saturated carbocycles. The molecule has 2 heterocycles. The molecule has 1 aliphatic heterocycles. The summed E-state index contributed by atoms with van der Waals surface area (Å²) in [6.45, 7) is 8.20. The highest BCUT2D eigenvalue weighted by Gasteiger charge is 2.36. The van der Waals surface area contributed by atoms with Crippen molar-refractivity contribution < 1.29 is 17.6 Å². The zero-order valence-electron chi connectivity index (χ0n) is 20.5. The van der Waals surface area contributed by atoms with Gasteiger partial charge in [-0.25, -0.2) is 8.42 Å². The maximum absolute atomic E-state index is 13.6. The van der Waals surface area contributed by atoms with Gasteiger partial charge in [0.25, 0.3) is 5.91 Å². The summed E-state index contributed by atoms with van der Waals surface area (Å²) in [5.41, 5.74) is 3.05. The number of carbonyl (C=O) groups excluding carboxylic acids is 1. The Hall–Kier alpha value is -3.13. The molecule has 0 aliphatic carbocycles. The maximum Gasteiger partial charge on any atom is 0.290 e. The van der Waals surface area contributed by atoms with Gasteiger partial charge in [0.2, 0.25) is 0 Å². The second-order valence-electron chi connectivity index (χ2n) is 8.99. The Balaban J connectivity index is 1.68. The van der Waals surface area contributed by atoms with Gasteiger partial charge in [-0.2, -0.15) is 0 Å². The van der Waals surface area contributed by atoms with Gasteiger partial charge in [-0.05, 0) is 62.1 Å². The molecule has 1 fully saturated rings. The van der Waals surface area contributed by atoms with Crippen molar-refractivity contribution in [2.24, 2.45) is 0 Å². The molecule has 2 aromatic carbocycles. The predicted molar refractivity (Wildman–Crippen MR) is 139 cm³/mol. The van der Waals surface area contributed by atoms with Crippen molar-refractivity contribution in [3.63, 3.8) is 0 Å². The number of hydrogen-bond donors (Lipinski definition) is 0. The summed E-state index contributed by atoms with van der Waals surface area (Å²) in [7, 11) is -3.22. The SMILES string of the molecule is CCc1ccc2oc(C(=O)N(Cc3ccc(N(CC)CC)cc3)[C@H]3CCS(=O)(=O)C3)cc(=O)c2c1. The number of rotatable bonds is 8. The van der Waals surface area contributed by atoms with E-state index in [2.05, 4.69) is 18.7 Å². The molecule has 0 radical (unpaired) electrons. The van der Waals surface area contributed by atoms with Crippen molar-refractivity contribution in [3.8, 4) is 0 Å². The van der Waals surface area contributed by atoms with E-state index in [-0.39, 0.29) is 29.2 Å². The Labute approximate surface area is 206 Å². The lowest BCUT2D eigenvalue weighted by molar-refractivity contribution is 0.0648. The van der Waals surface area contributed by atoms with Gasteiger partial charge in [-0.3, -0.25) is 9.59 Å². The molecule has 35 heavy (non-hydrogen) atoms. The number of nitrogens with zero attached hydrogens (tertiary/aromatic N) is 2. The van der Waals surface area contributed by atoms with Crippen LogP contribution in [0.15, 0.2) is 57.7 Å². The van der Waals surface area contributed by atoms with Crippen molar-refractivity contribution in [1.29, 1.82) is 0 Å². The van der Waals surface area contributed by atoms with Crippen LogP contribution in [0.4, 0.5) is 5.69 Å². The van der Waals surface area contributed by atoms with Crippen LogP contribution in [0.2, 0.25) is 0 Å². The highest BCUT2D eigenvalue weighted by Crippen LogP contribution is 2.25. The van der Waals surface area contributed by atoms with Gasteiger partial charge >= 0.3 is 0 Å². The Morgan fingerprint density at radius 3 is 2.29 bits per heavy atom. The number of anilines is 1. The summed E-state index contributed by atoms with van der Waals surface area (Å²) in [5, 5.41) is 0.433. The molecule has 0 spiro atoms. The third kappa shape index (κ3) is 5.42. The van der Waals surface area contributed by atoms with Crippen LogP contribution in [0.25, 0.3) is 11.0 Å². The molecule has 0 N–H and O–H groups in total. The summed E-state index contributed by atoms with van der Waals surface area (Å²) in [4.78, 5) is 30.2. The van der Waals surface area contributed by atoms with Crippen LogP contribution in [0.5, 0.6) is 0 Å². The summed E-state index contributed by atoms with van der Waals surface area (Å²) < 4.78 is 30.3. The average molecular weight is 497 g/mol. The Bertz CT molecular complexity index is 1370. The molecule has 1 aromatic heterocycles. The molecule has 1 amide bonds. The third-order valence-electron chi connectivity index (χ3n) is 6.74. The largest absolute Gasteiger partial charge is 0.451 e. The van der Waals surface area contributed by atoms with Crippen molar-refractivity contribution in [1.82, 2.24) is 4.90 Å². The second kappa shape index (κ2) is 10.2. The Morgan fingerprint density at radius 2 is 1.69 bits per heavy atom. The quantitative estimate of drug-likeness (QED) is 0.468. The van der Waals surface area contributed by atoms with Crippen molar-refractivity contribution in [3.05, 3.63) is 75.6 Å². The highest BCUT2D eigenvalue weighted by molar-refractivity contribution is 7.91. The number of amides is 1. The number of fused-ring (bicyclic) bond motifs is 1. The first kappa shape index (κ1) is 25.0. The molecule has 4 rings (SSSR count). The number of sulfone groups is 1. The van der Waals surface area contributed by atoms with Crippen LogP contribution in [0.3, 0.4) is 0 Å². The summed E-state index contributed by atoms with van der Waals surface area (Å²) >= 11 is 0. The third-order valence-corrected chi connectivity index (χ3v) is 8.49. The van der Waals surface area contributed by atoms with E-state index in [4.69, 9.17) is 4.42 Å². The van der Waals surface area contributed by atoms with E-state index in [9.17, 15) is 18.0 Å². The van der Waals surface area contributed by atoms with E-state index < -0.39 is 21.8 Å². The van der Waals surface area contributed by atoms with Crippen LogP contribution in [0.1, 0.15) is 48.9 Å². The minimum Gasteiger partial charge on any atom is -0.451 e. The fourth-order valence-electron chi connectivity index (χ4n) is 4.66. The topological polar surface area (TPSA) is 87.9 Å². The lowest BCUT2D eigenvalue weighted by atomic mass is 10.1. The summed E-state index contributed by atoms with van der Waals surface area (Å²) in [6, 6.07) is 14.1. The molecule has 1 saturated heterocycles. The van der Waals surface area contributed by atoms with Crippen LogP contribution in [0, 0.1) is 0 Å². The van der Waals surface area contributed by atoms with E-state index in [1.165, 1.54) is 6.07 Å². The van der Waals surface area contributed by atoms with Gasteiger partial charge in [-0.1, -0.05) is 25.1 Å². The number of hydrogen-bond acceptors (Lipinski definition) is 6. The average Bonchev–Trinajstić information content (AvgIpc) is 3.22. The summed E-state index contributed by atoms with van der Waals surface area (Å²) in [5.74, 6) is -0.591. The van der Waals surface area contributed by atoms with Gasteiger partial charge < -0.3 is 14.2 Å². The first-order valence-electron chi connectivity index (χ1n) is 12.2. The number of aryl methyl sites for hydroxylation is 1. The lowest BCUT2D eigenvalue weighted by Gasteiger charge is -2.28. The van der Waals surface area contributed by atoms with Gasteiger partial charge in [0.05, 0.1) is 16.9 Å². The zero-order valence-corrected chi connectivity index (χ0v) is 21.3. The Morgan fingerprint density at radius 1 is 1.00 bits per heavy atom. The number of benzene rings is 2. The van der Waals surface area contributed by atoms with Crippen LogP contribution in [-0.2, 0) is 22.8 Å². The molecule has 1 atom stereocenters. The zero-order chi connectivity index (χ0) is 25.2. The normalized spacial score (nSPS) is 16.9. The highest BCUT2D eigenvalue weighted by atomic mass is 32.2. The molecule has 0 bridgehead atoms. The molecule has 1 aliphatic rings. The standard InChI is InChI=1S/C27H32N2O5S/c1-4-19-9-12-25-23(15-19)24(30)16-26(34-25)27(31)29(22-13-14-35(32,33)18-22)17-20-7-10-21(11-8-20)28(5-2)6-3/h7-12,15-16,22H,4-6,13-14,17-18H2,1-3H3/t22-/m0/s1. The van der Waals surface area contributed by atoms with Crippen molar-refractivity contribution >= 4 is 32.4 Å². The van der Waals surface area contributed by atoms with Crippen molar-refractivity contribution in [2.45, 2.75) is 46.2 Å². The molecule has 7 nitrogen and oxygen atoms in total. The Kier molecular flexibility index (Phi) is 7.31. The molecular weight excluding hydrogens is 464 g/mol. The fraction of sp³-hybridized carbons (Fsp3) is 0.407. The number of carbonyl (C=O) groups is 1. The van der Waals surface area contributed by atoms with E-state index >= 15 is 0 Å². The molecular formula is C27H32N2O5S. The first-order valence-corrected chi connectivity index (χ1v) is 14.0. The van der Waals surface area contributed by atoms with Crippen LogP contribution < -0.4 is 10.3 Å². The van der Waals surface area contributed by atoms with Crippen molar-refractivity contribution in [2.75, 3.05) is 29.5 Å². The molecule has 3 aromatic rings. The smallest absolute Gasteiger partial charge is 0.290 e. The van der Waals surface area contributed by atoms with Gasteiger partial charge in [0.15, 0.2) is 21.0 Å². The molecule has 186 valence electrons. The monoisotopic (exact) mass is 496 g/mol. The minimum atomic E-state index is -3.22. The van der Waals surface area contributed by atoms with E-state index in [0.717, 1.165) is 36.3 Å². The summed E-state index contributed by atoms with van der Waals surface area (Å²) in [6.07, 6.45) is 1.15. The second-order valence-corrected chi connectivity index (χ2v) is 11.2. The van der Waals surface area contributed by atoms with Crippen LogP contribution >= 0.6 is 0 Å². The molecule has 8 heteroatoms. The fourth-order valence-corrected chi connectivity index (χ4v) is 6.39. The van der Waals surface area contributed by atoms with Crippen LogP contribution in [-0.4, -0.2) is 49.9 Å². The predicted octanol–water partition coefficient (Wildman–Crippen LogP) is 4.03. The first-order chi connectivity index (χ1) is 16.7. The minimum absolute atomic E-state index is 0.0454.